The Morgan fingerprint density at radius 2 is 1.91 bits per heavy atom. The Hall–Kier alpha value is -4.81. The van der Waals surface area contributed by atoms with Crippen LogP contribution in [0.5, 0.6) is 11.5 Å². The van der Waals surface area contributed by atoms with E-state index in [1.807, 2.05) is 0 Å². The van der Waals surface area contributed by atoms with Crippen LogP contribution in [-0.2, 0) is 0 Å². The second-order valence-electron chi connectivity index (χ2n) is 7.08. The molecule has 1 atom stereocenters. The molecule has 4 aromatic rings. The van der Waals surface area contributed by atoms with Crippen LogP contribution in [0.2, 0.25) is 0 Å². The number of nitro groups is 1. The zero-order valence-corrected chi connectivity index (χ0v) is 17.3. The van der Waals surface area contributed by atoms with Gasteiger partial charge in [-0.1, -0.05) is 5.10 Å². The summed E-state index contributed by atoms with van der Waals surface area (Å²) in [7, 11) is 3.07. The van der Waals surface area contributed by atoms with Crippen LogP contribution in [0.15, 0.2) is 47.3 Å². The van der Waals surface area contributed by atoms with Crippen molar-refractivity contribution in [2.45, 2.75) is 6.04 Å². The molecule has 13 heteroatoms. The van der Waals surface area contributed by atoms with Crippen molar-refractivity contribution >= 4 is 17.3 Å². The molecule has 2 N–H and O–H groups in total. The zero-order valence-electron chi connectivity index (χ0n) is 17.3. The number of rotatable bonds is 5. The molecule has 13 nitrogen and oxygen atoms in total. The summed E-state index contributed by atoms with van der Waals surface area (Å²) in [6, 6.07) is 10.5. The van der Waals surface area contributed by atoms with Crippen molar-refractivity contribution in [3.63, 3.8) is 0 Å². The van der Waals surface area contributed by atoms with Gasteiger partial charge in [-0.05, 0) is 34.7 Å². The minimum atomic E-state index is -0.688. The molecule has 1 unspecified atom stereocenters. The van der Waals surface area contributed by atoms with Gasteiger partial charge in [0.05, 0.1) is 24.8 Å². The summed E-state index contributed by atoms with van der Waals surface area (Å²) in [4.78, 5) is 23.3. The van der Waals surface area contributed by atoms with E-state index in [1.54, 1.807) is 37.4 Å². The minimum absolute atomic E-state index is 0.0636. The Morgan fingerprint density at radius 1 is 1.12 bits per heavy atom. The quantitative estimate of drug-likeness (QED) is 0.300. The molecular weight excluding hydrogens is 432 g/mol. The Labute approximate surface area is 185 Å². The number of anilines is 2. The molecule has 0 aliphatic carbocycles. The second-order valence-corrected chi connectivity index (χ2v) is 7.08. The monoisotopic (exact) mass is 448 g/mol. The third-order valence-corrected chi connectivity index (χ3v) is 5.36. The summed E-state index contributed by atoms with van der Waals surface area (Å²) >= 11 is 0. The fraction of sp³-hybridized carbons (Fsp3) is 0.150. The SMILES string of the molecule is COc1ccc(C2c3c(-c4ccc([N+](=O)[O-])cc4)n[nH]c(=O)c3Nc3nnnn32)c(OC)c1. The maximum absolute atomic E-state index is 12.8. The van der Waals surface area contributed by atoms with Crippen LogP contribution >= 0.6 is 0 Å². The third-order valence-electron chi connectivity index (χ3n) is 5.36. The normalized spacial score (nSPS) is 14.1. The Balaban J connectivity index is 1.78. The van der Waals surface area contributed by atoms with Crippen molar-refractivity contribution in [2.24, 2.45) is 0 Å². The molecule has 2 aromatic carbocycles. The predicted molar refractivity (Wildman–Crippen MR) is 115 cm³/mol. The first-order valence-corrected chi connectivity index (χ1v) is 9.66. The molecule has 0 saturated heterocycles. The van der Waals surface area contributed by atoms with Crippen molar-refractivity contribution in [3.05, 3.63) is 74.1 Å². The molecule has 3 heterocycles. The molecule has 2 aromatic heterocycles. The summed E-state index contributed by atoms with van der Waals surface area (Å²) in [6.45, 7) is 0. The molecule has 5 rings (SSSR count). The average molecular weight is 448 g/mol. The summed E-state index contributed by atoms with van der Waals surface area (Å²) in [6.07, 6.45) is 0. The highest BCUT2D eigenvalue weighted by Gasteiger charge is 2.36. The highest BCUT2D eigenvalue weighted by molar-refractivity contribution is 5.76. The van der Waals surface area contributed by atoms with E-state index in [4.69, 9.17) is 9.47 Å². The van der Waals surface area contributed by atoms with Gasteiger partial charge < -0.3 is 14.8 Å². The molecule has 33 heavy (non-hydrogen) atoms. The molecule has 1 aliphatic heterocycles. The van der Waals surface area contributed by atoms with E-state index in [0.29, 0.717) is 33.9 Å². The van der Waals surface area contributed by atoms with Crippen LogP contribution in [0.25, 0.3) is 11.3 Å². The van der Waals surface area contributed by atoms with E-state index in [1.165, 1.54) is 23.9 Å². The Kier molecular flexibility index (Phi) is 4.70. The average Bonchev–Trinajstić information content (AvgIpc) is 3.31. The van der Waals surface area contributed by atoms with Gasteiger partial charge in [0.2, 0.25) is 5.95 Å². The van der Waals surface area contributed by atoms with E-state index >= 15 is 0 Å². The van der Waals surface area contributed by atoms with Gasteiger partial charge in [0.25, 0.3) is 11.2 Å². The van der Waals surface area contributed by atoms with E-state index < -0.39 is 16.5 Å². The summed E-state index contributed by atoms with van der Waals surface area (Å²) in [5, 5.41) is 32.6. The number of ether oxygens (including phenoxy) is 2. The predicted octanol–water partition coefficient (Wildman–Crippen LogP) is 2.04. The lowest BCUT2D eigenvalue weighted by Gasteiger charge is -2.28. The van der Waals surface area contributed by atoms with Gasteiger partial charge in [0.15, 0.2) is 0 Å². The number of tetrazole rings is 1. The summed E-state index contributed by atoms with van der Waals surface area (Å²) in [5.74, 6) is 1.33. The van der Waals surface area contributed by atoms with Crippen molar-refractivity contribution < 1.29 is 14.4 Å². The van der Waals surface area contributed by atoms with Crippen LogP contribution in [0.1, 0.15) is 17.2 Å². The molecule has 0 amide bonds. The van der Waals surface area contributed by atoms with Gasteiger partial charge in [-0.2, -0.15) is 9.78 Å². The number of methoxy groups -OCH3 is 2. The van der Waals surface area contributed by atoms with E-state index in [2.05, 4.69) is 31.0 Å². The van der Waals surface area contributed by atoms with Gasteiger partial charge >= 0.3 is 0 Å². The van der Waals surface area contributed by atoms with Crippen molar-refractivity contribution in [1.82, 2.24) is 30.4 Å². The topological polar surface area (TPSA) is 163 Å². The Morgan fingerprint density at radius 3 is 2.61 bits per heavy atom. The number of fused-ring (bicyclic) bond motifs is 2. The first-order valence-electron chi connectivity index (χ1n) is 9.66. The fourth-order valence-electron chi connectivity index (χ4n) is 3.83. The fourth-order valence-corrected chi connectivity index (χ4v) is 3.83. The molecule has 166 valence electrons. The second kappa shape index (κ2) is 7.71. The van der Waals surface area contributed by atoms with Crippen LogP contribution in [-0.4, -0.2) is 49.5 Å². The summed E-state index contributed by atoms with van der Waals surface area (Å²) in [5.41, 5.74) is 1.78. The third kappa shape index (κ3) is 3.22. The highest BCUT2D eigenvalue weighted by atomic mass is 16.6. The van der Waals surface area contributed by atoms with Gasteiger partial charge in [0.1, 0.15) is 23.2 Å². The molecule has 0 radical (unpaired) electrons. The molecule has 0 bridgehead atoms. The van der Waals surface area contributed by atoms with Gasteiger partial charge in [-0.15, -0.1) is 0 Å². The zero-order chi connectivity index (χ0) is 23.1. The van der Waals surface area contributed by atoms with Gasteiger partial charge in [-0.25, -0.2) is 5.10 Å². The highest BCUT2D eigenvalue weighted by Crippen LogP contribution is 2.44. The number of benzene rings is 2. The molecule has 0 fully saturated rings. The van der Waals surface area contributed by atoms with E-state index in [0.717, 1.165) is 0 Å². The number of hydrogen-bond acceptors (Lipinski definition) is 10. The number of non-ortho nitro benzene ring substituents is 1. The van der Waals surface area contributed by atoms with Crippen LogP contribution in [0, 0.1) is 10.1 Å². The molecule has 1 aliphatic rings. The van der Waals surface area contributed by atoms with Crippen LogP contribution in [0.3, 0.4) is 0 Å². The lowest BCUT2D eigenvalue weighted by Crippen LogP contribution is -2.29. The molecular formula is C20H16N8O5. The van der Waals surface area contributed by atoms with Crippen LogP contribution < -0.4 is 20.3 Å². The smallest absolute Gasteiger partial charge is 0.288 e. The van der Waals surface area contributed by atoms with Gasteiger partial charge in [0, 0.05) is 34.9 Å². The first kappa shape index (κ1) is 20.1. The number of aromatic nitrogens is 6. The summed E-state index contributed by atoms with van der Waals surface area (Å²) < 4.78 is 12.4. The molecule has 0 saturated carbocycles. The Bertz CT molecular complexity index is 1430. The number of nitrogens with zero attached hydrogens (tertiary/aromatic N) is 6. The van der Waals surface area contributed by atoms with Crippen molar-refractivity contribution in [3.8, 4) is 22.8 Å². The van der Waals surface area contributed by atoms with E-state index in [9.17, 15) is 14.9 Å². The largest absolute Gasteiger partial charge is 0.497 e. The number of nitrogens with one attached hydrogen (secondary N) is 2. The maximum atomic E-state index is 12.8. The number of aromatic amines is 1. The van der Waals surface area contributed by atoms with E-state index in [-0.39, 0.29) is 17.3 Å². The van der Waals surface area contributed by atoms with Crippen LogP contribution in [0.4, 0.5) is 17.3 Å². The number of hydrogen-bond donors (Lipinski definition) is 2. The lowest BCUT2D eigenvalue weighted by molar-refractivity contribution is -0.384. The van der Waals surface area contributed by atoms with Crippen molar-refractivity contribution in [2.75, 3.05) is 19.5 Å². The molecule has 0 spiro atoms. The lowest BCUT2D eigenvalue weighted by atomic mass is 9.92. The number of H-pyrrole nitrogens is 1. The minimum Gasteiger partial charge on any atom is -0.497 e. The standard InChI is InChI=1S/C20H16N8O5/c1-32-12-7-8-13(14(9-12)33-2)18-15-16(10-3-5-11(6-4-10)28(30)31)22-23-19(29)17(15)21-20-24-25-26-27(18)20/h3-9,18H,1-2H3,(H,23,29)(H,21,24,26). The number of nitro benzene ring substituents is 1. The van der Waals surface area contributed by atoms with Gasteiger partial charge in [-0.3, -0.25) is 14.9 Å². The first-order chi connectivity index (χ1) is 16.0. The van der Waals surface area contributed by atoms with Crippen molar-refractivity contribution in [1.29, 1.82) is 0 Å². The maximum Gasteiger partial charge on any atom is 0.288 e.